The van der Waals surface area contributed by atoms with E-state index in [9.17, 15) is 19.8 Å². The maximum absolute atomic E-state index is 10.6. The van der Waals surface area contributed by atoms with Crippen molar-refractivity contribution in [2.24, 2.45) is 0 Å². The maximum Gasteiger partial charge on any atom is 1.00 e. The van der Waals surface area contributed by atoms with Crippen molar-refractivity contribution in [2.75, 3.05) is 54.4 Å². The van der Waals surface area contributed by atoms with Crippen molar-refractivity contribution in [3.05, 3.63) is 0 Å². The van der Waals surface area contributed by atoms with Crippen LogP contribution < -0.4 is 93.0 Å². The molecule has 1 fully saturated rings. The van der Waals surface area contributed by atoms with Gasteiger partial charge in [-0.05, 0) is 0 Å². The number of hydrogen-bond donors (Lipinski definition) is 7. The molecule has 7 N–H and O–H groups in total. The number of methoxy groups -OCH3 is 3. The SMILES string of the molecule is CC[C@@](C=O)(OC)O[C@@H](C=O)CO.CC[C@@](CO)(OC)OC(CO)CO.CC[C@@]1(OC)O[C@H](CO)[C@@H](O)[C@@H]1O.[B].[H-].[Na+].[Na+].[O-][I+3]([O-])([O-])[O-]. The molecule has 0 aromatic heterocycles. The second-order valence-corrected chi connectivity index (χ2v) is 10.9. The number of hydrogen-bond acceptors (Lipinski definition) is 19. The zero-order chi connectivity index (χ0) is 35.2. The fraction of sp³-hybridized carbons (Fsp3) is 0.917. The number of rotatable bonds is 17. The Morgan fingerprint density at radius 2 is 1.38 bits per heavy atom. The summed E-state index contributed by atoms with van der Waals surface area (Å²) >= 11 is -5.94. The van der Waals surface area contributed by atoms with Crippen molar-refractivity contribution in [1.82, 2.24) is 0 Å². The maximum atomic E-state index is 10.6. The van der Waals surface area contributed by atoms with Crippen molar-refractivity contribution >= 4 is 21.0 Å². The first-order valence-corrected chi connectivity index (χ1v) is 16.6. The summed E-state index contributed by atoms with van der Waals surface area (Å²) in [6.07, 6.45) is -2.69. The third kappa shape index (κ3) is 23.6. The van der Waals surface area contributed by atoms with E-state index in [1.807, 2.05) is 0 Å². The fourth-order valence-electron chi connectivity index (χ4n) is 3.33. The summed E-state index contributed by atoms with van der Waals surface area (Å²) < 4.78 is 64.7. The molecule has 0 aromatic carbocycles. The van der Waals surface area contributed by atoms with Gasteiger partial charge in [-0.1, -0.05) is 20.8 Å². The number of ether oxygens (including phenoxy) is 6. The monoisotopic (exact) mass is 825 g/mol. The molecule has 19 nitrogen and oxygen atoms in total. The van der Waals surface area contributed by atoms with Crippen LogP contribution in [-0.2, 0) is 38.0 Å². The summed E-state index contributed by atoms with van der Waals surface area (Å²) in [4.78, 5) is 20.9. The molecule has 0 spiro atoms. The van der Waals surface area contributed by atoms with E-state index in [0.717, 1.165) is 0 Å². The van der Waals surface area contributed by atoms with Crippen LogP contribution in [0.3, 0.4) is 0 Å². The van der Waals surface area contributed by atoms with Crippen molar-refractivity contribution in [2.45, 2.75) is 87.9 Å². The average molecular weight is 825 g/mol. The van der Waals surface area contributed by atoms with Crippen molar-refractivity contribution in [1.29, 1.82) is 0 Å². The third-order valence-corrected chi connectivity index (χ3v) is 6.16. The van der Waals surface area contributed by atoms with Gasteiger partial charge in [0.25, 0.3) is 0 Å². The molecule has 1 aliphatic heterocycles. The largest absolute Gasteiger partial charge is 1.00 e. The van der Waals surface area contributed by atoms with E-state index in [2.05, 4.69) is 0 Å². The number of aliphatic hydroxyl groups is 7. The minimum atomic E-state index is -5.94. The first-order chi connectivity index (χ1) is 20.5. The van der Waals surface area contributed by atoms with Crippen LogP contribution in [0, 0.1) is 0 Å². The first kappa shape index (κ1) is 60.5. The Kier molecular flexibility index (Phi) is 41.4. The molecular formula is C24H49BINa2O19. The van der Waals surface area contributed by atoms with Gasteiger partial charge in [-0.15, -0.1) is 0 Å². The molecule has 47 heavy (non-hydrogen) atoms. The van der Waals surface area contributed by atoms with E-state index in [-0.39, 0.29) is 102 Å². The normalized spacial score (nSPS) is 23.1. The van der Waals surface area contributed by atoms with Crippen molar-refractivity contribution < 1.29 is 168 Å². The molecule has 1 saturated heterocycles. The topological polar surface area (TPSA) is 323 Å². The summed E-state index contributed by atoms with van der Waals surface area (Å²) in [5, 5.41) is 63.0. The van der Waals surface area contributed by atoms with Crippen LogP contribution in [0.1, 0.15) is 41.5 Å². The van der Waals surface area contributed by atoms with E-state index in [1.54, 1.807) is 20.8 Å². The number of aliphatic hydroxyl groups excluding tert-OH is 7. The number of halogens is 1. The molecule has 0 saturated carbocycles. The summed E-state index contributed by atoms with van der Waals surface area (Å²) in [6, 6.07) is 0. The molecule has 1 aliphatic rings. The van der Waals surface area contributed by atoms with Gasteiger partial charge in [-0.25, -0.2) is 0 Å². The van der Waals surface area contributed by atoms with Crippen LogP contribution in [0.2, 0.25) is 0 Å². The van der Waals surface area contributed by atoms with E-state index in [1.165, 1.54) is 21.3 Å². The molecule has 271 valence electrons. The Morgan fingerprint density at radius 3 is 1.57 bits per heavy atom. The molecule has 0 bridgehead atoms. The van der Waals surface area contributed by atoms with Gasteiger partial charge in [-0.3, -0.25) is 18.5 Å². The van der Waals surface area contributed by atoms with Gasteiger partial charge < -0.3 is 70.4 Å². The van der Waals surface area contributed by atoms with Crippen molar-refractivity contribution in [3.8, 4) is 0 Å². The second-order valence-electron chi connectivity index (χ2n) is 8.72. The predicted molar refractivity (Wildman–Crippen MR) is 141 cm³/mol. The summed E-state index contributed by atoms with van der Waals surface area (Å²) in [7, 11) is 4.11. The van der Waals surface area contributed by atoms with Gasteiger partial charge in [0, 0.05) is 49.0 Å². The quantitative estimate of drug-likeness (QED) is 0.0310. The molecule has 0 aromatic rings. The predicted octanol–water partition coefficient (Wildman–Crippen LogP) is -16.5. The Labute approximate surface area is 328 Å². The molecule has 7 atom stereocenters. The Hall–Kier alpha value is 1.45. The van der Waals surface area contributed by atoms with E-state index >= 15 is 0 Å². The van der Waals surface area contributed by atoms with Gasteiger partial charge in [0.2, 0.25) is 5.79 Å². The fourth-order valence-corrected chi connectivity index (χ4v) is 3.33. The van der Waals surface area contributed by atoms with Crippen LogP contribution in [0.15, 0.2) is 0 Å². The number of aldehydes is 2. The zero-order valence-corrected chi connectivity index (χ0v) is 34.3. The van der Waals surface area contributed by atoms with Crippen LogP contribution in [0.25, 0.3) is 0 Å². The summed E-state index contributed by atoms with van der Waals surface area (Å²) in [5.74, 6) is -3.71. The van der Waals surface area contributed by atoms with Gasteiger partial charge in [0.15, 0.2) is 24.1 Å². The van der Waals surface area contributed by atoms with E-state index in [4.69, 9.17) is 67.7 Å². The first-order valence-electron chi connectivity index (χ1n) is 13.1. The average Bonchev–Trinajstić information content (AvgIpc) is 3.28. The van der Waals surface area contributed by atoms with Crippen LogP contribution in [0.5, 0.6) is 0 Å². The van der Waals surface area contributed by atoms with Crippen LogP contribution in [-0.4, -0.2) is 159 Å². The second kappa shape index (κ2) is 32.1. The standard InChI is InChI=1S/C8H16O5.C8H18O5.C8H14O5.B.IO4.2Na.H/c1-3-8(12-2)7(11)6(10)5(4-9)13-8;2*1-3-8(6-11,12-2)13-7(4-9)5-10;;2-1(3,4)5;;;/h5-7,9-11H,3-4H2,1-2H3;7,9-11H,3-6H2,1-2H3;4,6-7,10H,3,5H2,1-2H3;;;;;/q;;;;-1;2*+1;-1/t5-,6-,7+,8-;8-;7-,8+;;;;;/m110...../s1. The van der Waals surface area contributed by atoms with Gasteiger partial charge in [0.1, 0.15) is 50.6 Å². The van der Waals surface area contributed by atoms with Gasteiger partial charge in [0.05, 0.1) is 33.0 Å². The molecule has 1 heterocycles. The molecular weight excluding hydrogens is 776 g/mol. The van der Waals surface area contributed by atoms with E-state index in [0.29, 0.717) is 25.4 Å². The smallest absolute Gasteiger partial charge is 1.00 e. The minimum Gasteiger partial charge on any atom is -1.00 e. The molecule has 1 rings (SSSR count). The van der Waals surface area contributed by atoms with Crippen molar-refractivity contribution in [3.63, 3.8) is 0 Å². The Balaban J connectivity index is -0.0000000943. The summed E-state index contributed by atoms with van der Waals surface area (Å²) in [6.45, 7) is 3.52. The van der Waals surface area contributed by atoms with Gasteiger partial charge in [-0.2, -0.15) is 0 Å². The molecule has 0 amide bonds. The minimum absolute atomic E-state index is 0. The number of carbonyl (C=O) groups excluding carboxylic acids is 2. The Morgan fingerprint density at radius 1 is 0.894 bits per heavy atom. The Bertz CT molecular complexity index is 720. The third-order valence-electron chi connectivity index (χ3n) is 6.16. The van der Waals surface area contributed by atoms with Crippen LogP contribution >= 0.6 is 0 Å². The number of carbonyl (C=O) groups is 2. The van der Waals surface area contributed by atoms with Crippen LogP contribution in [0.4, 0.5) is 0 Å². The summed E-state index contributed by atoms with van der Waals surface area (Å²) in [5.41, 5.74) is 0. The molecule has 3 radical (unpaired) electrons. The molecule has 0 unspecified atom stereocenters. The van der Waals surface area contributed by atoms with Gasteiger partial charge >= 0.3 is 59.1 Å². The van der Waals surface area contributed by atoms with E-state index < -0.39 is 74.6 Å². The molecule has 0 aliphatic carbocycles. The molecule has 23 heteroatoms. The zero-order valence-electron chi connectivity index (χ0n) is 29.2.